The van der Waals surface area contributed by atoms with E-state index in [1.165, 1.54) is 12.1 Å². The number of ether oxygens (including phenoxy) is 1. The molecule has 0 unspecified atom stereocenters. The molecule has 1 aliphatic heterocycles. The monoisotopic (exact) mass is 321 g/mol. The summed E-state index contributed by atoms with van der Waals surface area (Å²) >= 11 is 1.87. The molecule has 21 heavy (non-hydrogen) atoms. The first kappa shape index (κ1) is 16.5. The summed E-state index contributed by atoms with van der Waals surface area (Å²) in [4.78, 5) is 0. The van der Waals surface area contributed by atoms with Gasteiger partial charge in [0.15, 0.2) is 0 Å². The van der Waals surface area contributed by atoms with Crippen LogP contribution in [0.3, 0.4) is 0 Å². The number of benzene rings is 1. The molecule has 7 heteroatoms. The summed E-state index contributed by atoms with van der Waals surface area (Å²) in [6.45, 7) is 0.346. The molecule has 0 aromatic heterocycles. The van der Waals surface area contributed by atoms with Crippen molar-refractivity contribution in [2.75, 3.05) is 24.7 Å². The minimum absolute atomic E-state index is 0.0336. The van der Waals surface area contributed by atoms with Crippen LogP contribution in [0.2, 0.25) is 0 Å². The van der Waals surface area contributed by atoms with Crippen molar-refractivity contribution in [2.45, 2.75) is 24.7 Å². The second-order valence-corrected chi connectivity index (χ2v) is 6.11. The van der Waals surface area contributed by atoms with Crippen molar-refractivity contribution in [3.63, 3.8) is 0 Å². The zero-order chi connectivity index (χ0) is 15.3. The Hall–Kier alpha value is -0.920. The molecule has 1 aromatic rings. The van der Waals surface area contributed by atoms with E-state index >= 15 is 0 Å². The maximum absolute atomic E-state index is 12.5. The van der Waals surface area contributed by atoms with Crippen molar-refractivity contribution in [2.24, 2.45) is 0 Å². The van der Waals surface area contributed by atoms with Crippen molar-refractivity contribution in [1.29, 1.82) is 0 Å². The Bertz CT molecular complexity index is 450. The third kappa shape index (κ3) is 5.41. The molecule has 1 fully saturated rings. The van der Waals surface area contributed by atoms with Gasteiger partial charge in [0.1, 0.15) is 18.5 Å². The van der Waals surface area contributed by atoms with Gasteiger partial charge in [-0.25, -0.2) is 0 Å². The lowest BCUT2D eigenvalue weighted by atomic mass is 10.2. The molecule has 118 valence electrons. The fraction of sp³-hybridized carbons (Fsp3) is 0.571. The van der Waals surface area contributed by atoms with Gasteiger partial charge in [0, 0.05) is 18.3 Å². The molecule has 2 rings (SSSR count). The number of aliphatic hydroxyl groups excluding tert-OH is 1. The molecular weight excluding hydrogens is 303 g/mol. The number of thioether (sulfide) groups is 1. The number of nitrogens with one attached hydrogen (secondary N) is 1. The van der Waals surface area contributed by atoms with Gasteiger partial charge in [-0.1, -0.05) is 6.07 Å². The van der Waals surface area contributed by atoms with Crippen LogP contribution in [0.5, 0.6) is 5.75 Å². The first-order valence-electron chi connectivity index (χ1n) is 6.74. The number of hydrogen-bond donors (Lipinski definition) is 2. The zero-order valence-electron chi connectivity index (χ0n) is 11.4. The Kier molecular flexibility index (Phi) is 5.78. The fourth-order valence-corrected chi connectivity index (χ4v) is 3.20. The maximum atomic E-state index is 12.5. The van der Waals surface area contributed by atoms with E-state index in [0.717, 1.165) is 30.1 Å². The van der Waals surface area contributed by atoms with Gasteiger partial charge in [0.05, 0.1) is 5.56 Å². The Morgan fingerprint density at radius 3 is 2.90 bits per heavy atom. The summed E-state index contributed by atoms with van der Waals surface area (Å²) in [7, 11) is 0. The number of hydrogen-bond acceptors (Lipinski definition) is 4. The molecule has 0 saturated carbocycles. The molecule has 0 amide bonds. The van der Waals surface area contributed by atoms with Crippen LogP contribution in [0.4, 0.5) is 13.2 Å². The fourth-order valence-electron chi connectivity index (χ4n) is 2.01. The molecule has 1 heterocycles. The lowest BCUT2D eigenvalue weighted by Gasteiger charge is -2.17. The van der Waals surface area contributed by atoms with Crippen LogP contribution in [-0.2, 0) is 6.18 Å². The van der Waals surface area contributed by atoms with Gasteiger partial charge >= 0.3 is 6.18 Å². The Labute approximate surface area is 125 Å². The van der Waals surface area contributed by atoms with E-state index in [1.807, 2.05) is 11.8 Å². The summed E-state index contributed by atoms with van der Waals surface area (Å²) in [5, 5.41) is 13.0. The zero-order valence-corrected chi connectivity index (χ0v) is 12.2. The minimum atomic E-state index is -4.39. The van der Waals surface area contributed by atoms with Gasteiger partial charge in [-0.2, -0.15) is 24.9 Å². The minimum Gasteiger partial charge on any atom is -0.491 e. The third-order valence-corrected chi connectivity index (χ3v) is 4.34. The predicted molar refractivity (Wildman–Crippen MR) is 76.7 cm³/mol. The van der Waals surface area contributed by atoms with Crippen LogP contribution < -0.4 is 10.1 Å². The molecule has 2 N–H and O–H groups in total. The summed E-state index contributed by atoms with van der Waals surface area (Å²) in [5.41, 5.74) is -0.754. The van der Waals surface area contributed by atoms with Gasteiger partial charge in [0.2, 0.25) is 0 Å². The SMILES string of the molecule is O[C@@H](CN[C@@H]1CCSC1)COc1cccc(C(F)(F)F)c1. The first-order valence-corrected chi connectivity index (χ1v) is 7.90. The second-order valence-electron chi connectivity index (χ2n) is 4.96. The van der Waals surface area contributed by atoms with E-state index in [4.69, 9.17) is 4.74 Å². The standard InChI is InChI=1S/C14H18F3NO2S/c15-14(16,17)10-2-1-3-13(6-10)20-8-12(19)7-18-11-4-5-21-9-11/h1-3,6,11-12,18-19H,4-5,7-9H2/t11-,12+/m1/s1. The molecule has 1 aromatic carbocycles. The topological polar surface area (TPSA) is 41.5 Å². The average Bonchev–Trinajstić information content (AvgIpc) is 2.95. The molecular formula is C14H18F3NO2S. The molecule has 0 spiro atoms. The van der Waals surface area contributed by atoms with Gasteiger partial charge < -0.3 is 15.2 Å². The molecule has 2 atom stereocenters. The van der Waals surface area contributed by atoms with E-state index in [9.17, 15) is 18.3 Å². The largest absolute Gasteiger partial charge is 0.491 e. The van der Waals surface area contributed by atoms with Crippen LogP contribution in [-0.4, -0.2) is 41.9 Å². The van der Waals surface area contributed by atoms with Crippen LogP contribution in [0.15, 0.2) is 24.3 Å². The summed E-state index contributed by atoms with van der Waals surface area (Å²) < 4.78 is 42.9. The van der Waals surface area contributed by atoms with Gasteiger partial charge in [-0.15, -0.1) is 0 Å². The Morgan fingerprint density at radius 1 is 1.43 bits per heavy atom. The van der Waals surface area contributed by atoms with E-state index in [-0.39, 0.29) is 12.4 Å². The van der Waals surface area contributed by atoms with Crippen LogP contribution in [0.25, 0.3) is 0 Å². The Morgan fingerprint density at radius 2 is 2.24 bits per heavy atom. The van der Waals surface area contributed by atoms with Crippen molar-refractivity contribution >= 4 is 11.8 Å². The molecule has 1 aliphatic rings. The van der Waals surface area contributed by atoms with Crippen LogP contribution in [0, 0.1) is 0 Å². The van der Waals surface area contributed by atoms with E-state index in [1.54, 1.807) is 0 Å². The highest BCUT2D eigenvalue weighted by Crippen LogP contribution is 2.31. The smallest absolute Gasteiger partial charge is 0.416 e. The van der Waals surface area contributed by atoms with E-state index < -0.39 is 17.8 Å². The number of aliphatic hydroxyl groups is 1. The quantitative estimate of drug-likeness (QED) is 0.845. The number of halogens is 3. The highest BCUT2D eigenvalue weighted by molar-refractivity contribution is 7.99. The van der Waals surface area contributed by atoms with Gasteiger partial charge in [-0.05, 0) is 30.4 Å². The van der Waals surface area contributed by atoms with Crippen molar-refractivity contribution < 1.29 is 23.0 Å². The summed E-state index contributed by atoms with van der Waals surface area (Å²) in [5.74, 6) is 2.26. The second kappa shape index (κ2) is 7.38. The normalized spacial score (nSPS) is 20.5. The maximum Gasteiger partial charge on any atom is 0.416 e. The molecule has 0 radical (unpaired) electrons. The molecule has 0 aliphatic carbocycles. The van der Waals surface area contributed by atoms with E-state index in [0.29, 0.717) is 12.6 Å². The highest BCUT2D eigenvalue weighted by Gasteiger charge is 2.30. The summed E-state index contributed by atoms with van der Waals surface area (Å²) in [6, 6.07) is 5.07. The van der Waals surface area contributed by atoms with Crippen LogP contribution >= 0.6 is 11.8 Å². The average molecular weight is 321 g/mol. The third-order valence-electron chi connectivity index (χ3n) is 3.18. The molecule has 1 saturated heterocycles. The molecule has 0 bridgehead atoms. The van der Waals surface area contributed by atoms with Crippen molar-refractivity contribution in [3.05, 3.63) is 29.8 Å². The first-order chi connectivity index (χ1) is 9.95. The van der Waals surface area contributed by atoms with Crippen molar-refractivity contribution in [1.82, 2.24) is 5.32 Å². The Balaban J connectivity index is 1.76. The summed E-state index contributed by atoms with van der Waals surface area (Å²) in [6.07, 6.45) is -4.06. The van der Waals surface area contributed by atoms with Crippen LogP contribution in [0.1, 0.15) is 12.0 Å². The lowest BCUT2D eigenvalue weighted by Crippen LogP contribution is -2.38. The van der Waals surface area contributed by atoms with E-state index in [2.05, 4.69) is 5.32 Å². The highest BCUT2D eigenvalue weighted by atomic mass is 32.2. The van der Waals surface area contributed by atoms with Crippen molar-refractivity contribution in [3.8, 4) is 5.75 Å². The van der Waals surface area contributed by atoms with Gasteiger partial charge in [0.25, 0.3) is 0 Å². The van der Waals surface area contributed by atoms with Gasteiger partial charge in [-0.3, -0.25) is 0 Å². The number of alkyl halides is 3. The lowest BCUT2D eigenvalue weighted by molar-refractivity contribution is -0.137. The number of rotatable bonds is 6. The predicted octanol–water partition coefficient (Wildman–Crippen LogP) is 2.54. The molecule has 3 nitrogen and oxygen atoms in total.